The quantitative estimate of drug-likeness (QED) is 0.623. The highest BCUT2D eigenvalue weighted by atomic mass is 35.5. The Morgan fingerprint density at radius 2 is 1.83 bits per heavy atom. The zero-order valence-electron chi connectivity index (χ0n) is 16.0. The molecule has 2 aromatic carbocycles. The Labute approximate surface area is 188 Å². The van der Waals surface area contributed by atoms with Gasteiger partial charge in [0.2, 0.25) is 0 Å². The Bertz CT molecular complexity index is 1070. The number of benzene rings is 2. The van der Waals surface area contributed by atoms with Gasteiger partial charge in [0.25, 0.3) is 5.91 Å². The summed E-state index contributed by atoms with van der Waals surface area (Å²) in [4.78, 5) is 23.4. The molecule has 3 aliphatic rings. The number of hydrogen-bond acceptors (Lipinski definition) is 6. The first-order valence-electron chi connectivity index (χ1n) is 9.38. The number of amidine groups is 1. The molecule has 1 atom stereocenters. The molecular weight excluding hydrogens is 445 g/mol. The van der Waals surface area contributed by atoms with Gasteiger partial charge in [-0.2, -0.15) is 0 Å². The molecule has 0 radical (unpaired) electrons. The number of ether oxygens (including phenoxy) is 1. The van der Waals surface area contributed by atoms with E-state index < -0.39 is 5.18 Å². The van der Waals surface area contributed by atoms with Crippen LogP contribution in [0.2, 0.25) is 10.0 Å². The molecule has 0 saturated carbocycles. The van der Waals surface area contributed by atoms with Gasteiger partial charge in [-0.1, -0.05) is 46.6 Å². The highest BCUT2D eigenvalue weighted by molar-refractivity contribution is 8.05. The number of rotatable bonds is 3. The average molecular weight is 462 g/mol. The van der Waals surface area contributed by atoms with E-state index in [4.69, 9.17) is 32.8 Å². The van der Waals surface area contributed by atoms with Crippen molar-refractivity contribution in [3.05, 3.63) is 68.5 Å². The van der Waals surface area contributed by atoms with Crippen LogP contribution in [-0.2, 0) is 9.63 Å². The summed E-state index contributed by atoms with van der Waals surface area (Å²) in [7, 11) is 1.62. The van der Waals surface area contributed by atoms with Crippen LogP contribution in [0.5, 0.6) is 5.75 Å². The van der Waals surface area contributed by atoms with E-state index in [1.165, 1.54) is 11.8 Å². The monoisotopic (exact) mass is 461 g/mol. The summed E-state index contributed by atoms with van der Waals surface area (Å²) in [6, 6.07) is 12.9. The maximum atomic E-state index is 13.2. The third-order valence-corrected chi connectivity index (χ3v) is 7.17. The van der Waals surface area contributed by atoms with Crippen LogP contribution in [-0.4, -0.2) is 46.9 Å². The van der Waals surface area contributed by atoms with Crippen molar-refractivity contribution in [2.24, 2.45) is 5.16 Å². The number of thioether (sulfide) groups is 1. The summed E-state index contributed by atoms with van der Waals surface area (Å²) in [6.07, 6.45) is 2.65. The van der Waals surface area contributed by atoms with Crippen LogP contribution in [0, 0.1) is 0 Å². The van der Waals surface area contributed by atoms with Gasteiger partial charge in [-0.3, -0.25) is 14.6 Å². The Balaban J connectivity index is 1.50. The number of oxime groups is 1. The fourth-order valence-corrected chi connectivity index (χ4v) is 5.71. The molecule has 0 N–H and O–H groups in total. The molecule has 1 spiro atoms. The third-order valence-electron chi connectivity index (χ3n) is 5.25. The first-order valence-corrected chi connectivity index (χ1v) is 11.0. The largest absolute Gasteiger partial charge is 0.497 e. The van der Waals surface area contributed by atoms with Gasteiger partial charge in [-0.05, 0) is 54.1 Å². The second-order valence-corrected chi connectivity index (χ2v) is 8.99. The molecule has 6 nitrogen and oxygen atoms in total. The van der Waals surface area contributed by atoms with Gasteiger partial charge in [0.15, 0.2) is 5.84 Å². The van der Waals surface area contributed by atoms with Gasteiger partial charge in [-0.15, -0.1) is 0 Å². The van der Waals surface area contributed by atoms with E-state index in [1.807, 2.05) is 35.2 Å². The van der Waals surface area contributed by atoms with E-state index in [-0.39, 0.29) is 5.91 Å². The van der Waals surface area contributed by atoms with Crippen LogP contribution in [0.15, 0.2) is 52.5 Å². The van der Waals surface area contributed by atoms with Crippen molar-refractivity contribution < 1.29 is 14.4 Å². The molecule has 5 rings (SSSR count). The molecule has 2 saturated heterocycles. The van der Waals surface area contributed by atoms with Crippen molar-refractivity contribution in [2.75, 3.05) is 20.2 Å². The van der Waals surface area contributed by atoms with Crippen LogP contribution < -0.4 is 4.74 Å². The smallest absolute Gasteiger partial charge is 0.348 e. The number of carbonyl (C=O) groups excluding carboxylic acids is 1. The van der Waals surface area contributed by atoms with E-state index in [0.717, 1.165) is 17.7 Å². The van der Waals surface area contributed by atoms with Crippen molar-refractivity contribution in [1.29, 1.82) is 0 Å². The summed E-state index contributed by atoms with van der Waals surface area (Å²) in [5.74, 6) is 1.22. The second kappa shape index (κ2) is 7.41. The fourth-order valence-electron chi connectivity index (χ4n) is 3.82. The van der Waals surface area contributed by atoms with Crippen molar-refractivity contribution in [2.45, 2.75) is 11.6 Å². The Morgan fingerprint density at radius 1 is 1.13 bits per heavy atom. The molecule has 9 heteroatoms. The van der Waals surface area contributed by atoms with Crippen LogP contribution in [0.3, 0.4) is 0 Å². The van der Waals surface area contributed by atoms with E-state index in [1.54, 1.807) is 30.2 Å². The first-order chi connectivity index (χ1) is 14.5. The zero-order valence-corrected chi connectivity index (χ0v) is 18.3. The van der Waals surface area contributed by atoms with Crippen molar-refractivity contribution in [3.8, 4) is 5.75 Å². The van der Waals surface area contributed by atoms with Gasteiger partial charge in [0.05, 0.1) is 27.6 Å². The van der Waals surface area contributed by atoms with Crippen molar-refractivity contribution in [3.63, 3.8) is 0 Å². The fraction of sp³-hybridized carbons (Fsp3) is 0.238. The lowest BCUT2D eigenvalue weighted by Crippen LogP contribution is -2.60. The normalized spacial score (nSPS) is 23.9. The predicted molar refractivity (Wildman–Crippen MR) is 118 cm³/mol. The molecule has 3 heterocycles. The SMILES string of the molecule is COc1ccc(/C=C2/SC34ON=C(c5c(Cl)cccc5Cl)N3CCCN4C2=O)cc1. The highest BCUT2D eigenvalue weighted by Crippen LogP contribution is 2.53. The molecule has 2 aromatic rings. The number of amides is 1. The zero-order chi connectivity index (χ0) is 20.9. The molecular formula is C21H17Cl2N3O3S. The van der Waals surface area contributed by atoms with Gasteiger partial charge in [-0.25, -0.2) is 0 Å². The Morgan fingerprint density at radius 3 is 2.53 bits per heavy atom. The predicted octanol–water partition coefficient (Wildman–Crippen LogP) is 4.63. The van der Waals surface area contributed by atoms with E-state index in [0.29, 0.717) is 39.4 Å². The molecule has 0 bridgehead atoms. The summed E-state index contributed by atoms with van der Waals surface area (Å²) >= 11 is 14.2. The maximum Gasteiger partial charge on any atom is 0.348 e. The van der Waals surface area contributed by atoms with E-state index in [9.17, 15) is 4.79 Å². The average Bonchev–Trinajstić information content (AvgIpc) is 3.25. The third kappa shape index (κ3) is 2.95. The topological polar surface area (TPSA) is 54.4 Å². The van der Waals surface area contributed by atoms with Crippen LogP contribution in [0.1, 0.15) is 17.5 Å². The lowest BCUT2D eigenvalue weighted by atomic mass is 10.1. The van der Waals surface area contributed by atoms with Crippen LogP contribution in [0.4, 0.5) is 0 Å². The van der Waals surface area contributed by atoms with Crippen LogP contribution in [0.25, 0.3) is 6.08 Å². The number of hydrogen-bond donors (Lipinski definition) is 0. The first kappa shape index (κ1) is 19.6. The Hall–Kier alpha value is -2.35. The minimum atomic E-state index is -1.05. The highest BCUT2D eigenvalue weighted by Gasteiger charge is 2.62. The molecule has 154 valence electrons. The van der Waals surface area contributed by atoms with Gasteiger partial charge < -0.3 is 9.57 Å². The molecule has 3 aliphatic heterocycles. The molecule has 1 amide bonds. The van der Waals surface area contributed by atoms with E-state index in [2.05, 4.69) is 5.16 Å². The second-order valence-electron chi connectivity index (χ2n) is 7.00. The Kier molecular flexibility index (Phi) is 4.84. The summed E-state index contributed by atoms with van der Waals surface area (Å²) in [5, 5.41) is 4.25. The van der Waals surface area contributed by atoms with Crippen molar-refractivity contribution in [1.82, 2.24) is 9.80 Å². The van der Waals surface area contributed by atoms with Gasteiger partial charge in [0, 0.05) is 13.1 Å². The maximum absolute atomic E-state index is 13.2. The summed E-state index contributed by atoms with van der Waals surface area (Å²) < 4.78 is 5.20. The molecule has 2 fully saturated rings. The molecule has 1 unspecified atom stereocenters. The van der Waals surface area contributed by atoms with E-state index >= 15 is 0 Å². The number of nitrogens with zero attached hydrogens (tertiary/aromatic N) is 3. The van der Waals surface area contributed by atoms with Gasteiger partial charge >= 0.3 is 5.18 Å². The lowest BCUT2D eigenvalue weighted by Gasteiger charge is -2.42. The van der Waals surface area contributed by atoms with Crippen molar-refractivity contribution >= 4 is 52.8 Å². The van der Waals surface area contributed by atoms with Crippen LogP contribution >= 0.6 is 35.0 Å². The number of methoxy groups -OCH3 is 1. The molecule has 0 aromatic heterocycles. The minimum Gasteiger partial charge on any atom is -0.497 e. The molecule has 0 aliphatic carbocycles. The minimum absolute atomic E-state index is 0.0813. The van der Waals surface area contributed by atoms with Gasteiger partial charge in [0.1, 0.15) is 5.75 Å². The lowest BCUT2D eigenvalue weighted by molar-refractivity contribution is -0.167. The molecule has 30 heavy (non-hydrogen) atoms. The summed E-state index contributed by atoms with van der Waals surface area (Å²) in [5.41, 5.74) is 1.52. The number of halogens is 2. The standard InChI is InChI=1S/C21H17Cl2N3O3S/c1-28-14-8-6-13(7-9-14)12-17-20(27)26-11-3-10-25-19(24-29-21(25,26)30-17)18-15(22)4-2-5-16(18)23/h2,4-9,12H,3,10-11H2,1H3/b17-12+. The number of carbonyl (C=O) groups is 1. The summed E-state index contributed by atoms with van der Waals surface area (Å²) in [6.45, 7) is 1.26.